The standard InChI is InChI=1S/C22H29F3N2O4S/c23-22(24,25)16-8-10-17(11-9-16)32(30,31)27-14-15-4-2-12-26-13-3-5-18(21(15)26)19(27)6-1-7-20(28)29/h8-11,15,18-19,21H,1-7,12-14H2,(H,28,29)/t15-,18-,19-,21+/m1/s1. The van der Waals surface area contributed by atoms with Gasteiger partial charge < -0.3 is 5.11 Å². The third kappa shape index (κ3) is 4.54. The van der Waals surface area contributed by atoms with Crippen molar-refractivity contribution in [3.63, 3.8) is 0 Å². The molecule has 0 spiro atoms. The Balaban J connectivity index is 1.66. The second kappa shape index (κ2) is 8.95. The molecule has 3 aliphatic heterocycles. The SMILES string of the molecule is O=C(O)CCC[C@@H]1[C@H]2CCCN3CCC[C@H](CN1S(=O)(=O)c1ccc(C(F)(F)F)cc1)[C@@H]23. The lowest BCUT2D eigenvalue weighted by molar-refractivity contribution is -0.138. The molecule has 0 radical (unpaired) electrons. The summed E-state index contributed by atoms with van der Waals surface area (Å²) in [7, 11) is -4.01. The van der Waals surface area contributed by atoms with Gasteiger partial charge in [0.05, 0.1) is 10.5 Å². The van der Waals surface area contributed by atoms with E-state index in [0.29, 0.717) is 25.4 Å². The molecule has 0 aliphatic carbocycles. The van der Waals surface area contributed by atoms with Crippen LogP contribution in [0.3, 0.4) is 0 Å². The molecule has 0 amide bonds. The molecule has 0 bridgehead atoms. The number of piperidine rings is 3. The second-order valence-corrected chi connectivity index (χ2v) is 11.1. The van der Waals surface area contributed by atoms with E-state index in [1.807, 2.05) is 0 Å². The van der Waals surface area contributed by atoms with Crippen LogP contribution in [0.1, 0.15) is 50.5 Å². The van der Waals surface area contributed by atoms with Crippen LogP contribution < -0.4 is 0 Å². The van der Waals surface area contributed by atoms with Crippen LogP contribution in [0, 0.1) is 11.8 Å². The summed E-state index contributed by atoms with van der Waals surface area (Å²) in [5.41, 5.74) is -0.886. The second-order valence-electron chi connectivity index (χ2n) is 9.19. The number of carboxylic acids is 1. The Morgan fingerprint density at radius 1 is 1.09 bits per heavy atom. The third-order valence-corrected chi connectivity index (χ3v) is 9.21. The van der Waals surface area contributed by atoms with Gasteiger partial charge in [-0.25, -0.2) is 8.42 Å². The Morgan fingerprint density at radius 2 is 1.75 bits per heavy atom. The number of carboxylic acid groups (broad SMARTS) is 1. The molecule has 178 valence electrons. The van der Waals surface area contributed by atoms with Crippen LogP contribution in [0.2, 0.25) is 0 Å². The molecule has 0 saturated carbocycles. The van der Waals surface area contributed by atoms with E-state index in [9.17, 15) is 26.4 Å². The lowest BCUT2D eigenvalue weighted by Crippen LogP contribution is -2.65. The maximum absolute atomic E-state index is 13.6. The number of hydrogen-bond donors (Lipinski definition) is 1. The van der Waals surface area contributed by atoms with Crippen molar-refractivity contribution in [3.05, 3.63) is 29.8 Å². The minimum atomic E-state index is -4.53. The molecule has 3 heterocycles. The molecule has 3 aliphatic rings. The topological polar surface area (TPSA) is 77.9 Å². The van der Waals surface area contributed by atoms with Crippen molar-refractivity contribution in [1.29, 1.82) is 0 Å². The van der Waals surface area contributed by atoms with Gasteiger partial charge in [-0.3, -0.25) is 9.69 Å². The van der Waals surface area contributed by atoms with E-state index in [0.717, 1.165) is 63.0 Å². The number of sulfonamides is 1. The lowest BCUT2D eigenvalue weighted by atomic mass is 9.70. The summed E-state index contributed by atoms with van der Waals surface area (Å²) in [5, 5.41) is 9.07. The average molecular weight is 475 g/mol. The number of alkyl halides is 3. The molecule has 3 saturated heterocycles. The van der Waals surface area contributed by atoms with Crippen LogP contribution in [-0.4, -0.2) is 60.4 Å². The van der Waals surface area contributed by atoms with E-state index < -0.39 is 27.7 Å². The van der Waals surface area contributed by atoms with E-state index in [1.54, 1.807) is 0 Å². The minimum Gasteiger partial charge on any atom is -0.481 e. The van der Waals surface area contributed by atoms with Crippen molar-refractivity contribution in [2.75, 3.05) is 19.6 Å². The number of hydrogen-bond acceptors (Lipinski definition) is 4. The number of carbonyl (C=O) groups is 1. The highest BCUT2D eigenvalue weighted by atomic mass is 32.2. The van der Waals surface area contributed by atoms with Gasteiger partial charge in [0.2, 0.25) is 10.0 Å². The van der Waals surface area contributed by atoms with E-state index >= 15 is 0 Å². The molecular formula is C22H29F3N2O4S. The summed E-state index contributed by atoms with van der Waals surface area (Å²) < 4.78 is 67.5. The Bertz CT molecular complexity index is 933. The van der Waals surface area contributed by atoms with E-state index in [4.69, 9.17) is 5.11 Å². The van der Waals surface area contributed by atoms with Crippen molar-refractivity contribution in [2.24, 2.45) is 11.8 Å². The minimum absolute atomic E-state index is 0.0325. The first-order valence-corrected chi connectivity index (χ1v) is 12.7. The summed E-state index contributed by atoms with van der Waals surface area (Å²) in [4.78, 5) is 13.4. The molecule has 1 N–H and O–H groups in total. The molecular weight excluding hydrogens is 445 g/mol. The smallest absolute Gasteiger partial charge is 0.416 e. The number of nitrogens with zero attached hydrogens (tertiary/aromatic N) is 2. The highest BCUT2D eigenvalue weighted by Gasteiger charge is 2.51. The van der Waals surface area contributed by atoms with Crippen molar-refractivity contribution in [2.45, 2.75) is 68.1 Å². The number of halogens is 3. The monoisotopic (exact) mass is 474 g/mol. The van der Waals surface area contributed by atoms with Gasteiger partial charge in [0.25, 0.3) is 0 Å². The average Bonchev–Trinajstić information content (AvgIpc) is 2.74. The molecule has 1 aromatic rings. The molecule has 10 heteroatoms. The van der Waals surface area contributed by atoms with Gasteiger partial charge in [-0.15, -0.1) is 0 Å². The number of rotatable bonds is 6. The Labute approximate surface area is 186 Å². The zero-order chi connectivity index (χ0) is 23.1. The predicted molar refractivity (Wildman–Crippen MR) is 111 cm³/mol. The van der Waals surface area contributed by atoms with Gasteiger partial charge in [0, 0.05) is 25.0 Å². The molecule has 4 rings (SSSR count). The summed E-state index contributed by atoms with van der Waals surface area (Å²) in [6, 6.07) is 3.64. The first-order valence-electron chi connectivity index (χ1n) is 11.2. The van der Waals surface area contributed by atoms with E-state index in [-0.39, 0.29) is 29.2 Å². The zero-order valence-electron chi connectivity index (χ0n) is 17.8. The first kappa shape index (κ1) is 23.5. The largest absolute Gasteiger partial charge is 0.481 e. The van der Waals surface area contributed by atoms with Crippen LogP contribution in [0.15, 0.2) is 29.2 Å². The third-order valence-electron chi connectivity index (χ3n) is 7.30. The van der Waals surface area contributed by atoms with E-state index in [1.165, 1.54) is 4.31 Å². The maximum atomic E-state index is 13.6. The van der Waals surface area contributed by atoms with Gasteiger partial charge in [-0.05, 0) is 87.7 Å². The Morgan fingerprint density at radius 3 is 2.38 bits per heavy atom. The van der Waals surface area contributed by atoms with Crippen molar-refractivity contribution in [3.8, 4) is 0 Å². The van der Waals surface area contributed by atoms with Gasteiger partial charge in [-0.2, -0.15) is 17.5 Å². The first-order chi connectivity index (χ1) is 15.1. The van der Waals surface area contributed by atoms with Crippen LogP contribution >= 0.6 is 0 Å². The maximum Gasteiger partial charge on any atom is 0.416 e. The number of aliphatic carboxylic acids is 1. The molecule has 0 unspecified atom stereocenters. The molecule has 0 aromatic heterocycles. The molecule has 4 atom stereocenters. The van der Waals surface area contributed by atoms with Crippen molar-refractivity contribution in [1.82, 2.24) is 9.21 Å². The molecule has 6 nitrogen and oxygen atoms in total. The fourth-order valence-corrected chi connectivity index (χ4v) is 7.76. The molecule has 1 aromatic carbocycles. The van der Waals surface area contributed by atoms with Crippen LogP contribution in [0.4, 0.5) is 13.2 Å². The number of benzene rings is 1. The highest BCUT2D eigenvalue weighted by molar-refractivity contribution is 7.89. The summed E-state index contributed by atoms with van der Waals surface area (Å²) in [6.45, 7) is 2.34. The fraction of sp³-hybridized carbons (Fsp3) is 0.682. The predicted octanol–water partition coefficient (Wildman–Crippen LogP) is 3.82. The normalized spacial score (nSPS) is 29.5. The molecule has 3 fully saturated rings. The summed E-state index contributed by atoms with van der Waals surface area (Å²) in [5.74, 6) is -0.617. The van der Waals surface area contributed by atoms with Gasteiger partial charge in [-0.1, -0.05) is 0 Å². The van der Waals surface area contributed by atoms with E-state index in [2.05, 4.69) is 4.90 Å². The van der Waals surface area contributed by atoms with Crippen LogP contribution in [0.5, 0.6) is 0 Å². The zero-order valence-corrected chi connectivity index (χ0v) is 18.6. The molecule has 32 heavy (non-hydrogen) atoms. The quantitative estimate of drug-likeness (QED) is 0.678. The van der Waals surface area contributed by atoms with Crippen LogP contribution in [0.25, 0.3) is 0 Å². The highest BCUT2D eigenvalue weighted by Crippen LogP contribution is 2.45. The summed E-state index contributed by atoms with van der Waals surface area (Å²) in [6.07, 6.45) is 0.0276. The lowest BCUT2D eigenvalue weighted by Gasteiger charge is -2.57. The van der Waals surface area contributed by atoms with Gasteiger partial charge >= 0.3 is 12.1 Å². The van der Waals surface area contributed by atoms with Gasteiger partial charge in [0.1, 0.15) is 0 Å². The van der Waals surface area contributed by atoms with Crippen molar-refractivity contribution >= 4 is 16.0 Å². The van der Waals surface area contributed by atoms with Crippen molar-refractivity contribution < 1.29 is 31.5 Å². The van der Waals surface area contributed by atoms with Gasteiger partial charge in [0.15, 0.2) is 0 Å². The summed E-state index contributed by atoms with van der Waals surface area (Å²) >= 11 is 0. The Hall–Kier alpha value is -1.65. The fourth-order valence-electron chi connectivity index (χ4n) is 6.00. The Kier molecular flexibility index (Phi) is 6.57. The van der Waals surface area contributed by atoms with Crippen LogP contribution in [-0.2, 0) is 21.0 Å².